The van der Waals surface area contributed by atoms with Crippen LogP contribution < -0.4 is 5.73 Å². The summed E-state index contributed by atoms with van der Waals surface area (Å²) in [5.41, 5.74) is 5.96. The fourth-order valence-electron chi connectivity index (χ4n) is 3.30. The average molecular weight is 268 g/mol. The van der Waals surface area contributed by atoms with Crippen LogP contribution >= 0.6 is 0 Å². The van der Waals surface area contributed by atoms with E-state index in [4.69, 9.17) is 10.5 Å². The lowest BCUT2D eigenvalue weighted by molar-refractivity contribution is -0.145. The van der Waals surface area contributed by atoms with Crippen LogP contribution in [-0.4, -0.2) is 42.1 Å². The number of nitrogens with two attached hydrogens (primary N) is 1. The quantitative estimate of drug-likeness (QED) is 0.847. The van der Waals surface area contributed by atoms with Crippen molar-refractivity contribution in [2.24, 2.45) is 11.7 Å². The molecule has 2 rings (SSSR count). The summed E-state index contributed by atoms with van der Waals surface area (Å²) in [6.45, 7) is 5.84. The highest BCUT2D eigenvalue weighted by Gasteiger charge is 2.37. The summed E-state index contributed by atoms with van der Waals surface area (Å²) < 4.78 is 5.65. The van der Waals surface area contributed by atoms with Crippen LogP contribution in [0.3, 0.4) is 0 Å². The molecule has 4 nitrogen and oxygen atoms in total. The van der Waals surface area contributed by atoms with E-state index in [0.717, 1.165) is 51.7 Å². The highest BCUT2D eigenvalue weighted by molar-refractivity contribution is 5.81. The summed E-state index contributed by atoms with van der Waals surface area (Å²) in [6, 6.07) is 0.708. The van der Waals surface area contributed by atoms with E-state index >= 15 is 0 Å². The monoisotopic (exact) mass is 268 g/mol. The zero-order chi connectivity index (χ0) is 13.8. The Balaban J connectivity index is 2.00. The molecule has 1 amide bonds. The van der Waals surface area contributed by atoms with Gasteiger partial charge in [0.05, 0.1) is 0 Å². The lowest BCUT2D eigenvalue weighted by Crippen LogP contribution is -2.49. The van der Waals surface area contributed by atoms with E-state index in [1.165, 1.54) is 0 Å². The highest BCUT2D eigenvalue weighted by Crippen LogP contribution is 2.27. The molecule has 1 saturated heterocycles. The molecular weight excluding hydrogens is 240 g/mol. The molecule has 0 spiro atoms. The largest absolute Gasteiger partial charge is 0.368 e. The number of carbonyl (C=O) groups is 1. The fourth-order valence-corrected chi connectivity index (χ4v) is 3.30. The molecule has 1 aliphatic heterocycles. The van der Waals surface area contributed by atoms with Crippen molar-refractivity contribution < 1.29 is 9.53 Å². The van der Waals surface area contributed by atoms with Gasteiger partial charge in [-0.25, -0.2) is 0 Å². The SMILES string of the molecule is CCCN(C(=O)C1OCCC1C)C1CCC(N)CC1. The van der Waals surface area contributed by atoms with E-state index in [-0.39, 0.29) is 12.0 Å². The number of ether oxygens (including phenoxy) is 1. The van der Waals surface area contributed by atoms with Crippen molar-refractivity contribution >= 4 is 5.91 Å². The maximum Gasteiger partial charge on any atom is 0.252 e. The van der Waals surface area contributed by atoms with Gasteiger partial charge in [-0.05, 0) is 44.4 Å². The third-order valence-electron chi connectivity index (χ3n) is 4.56. The maximum absolute atomic E-state index is 12.7. The molecule has 0 aromatic heterocycles. The van der Waals surface area contributed by atoms with Gasteiger partial charge in [0, 0.05) is 25.2 Å². The molecule has 110 valence electrons. The molecule has 1 heterocycles. The van der Waals surface area contributed by atoms with Crippen molar-refractivity contribution in [3.63, 3.8) is 0 Å². The lowest BCUT2D eigenvalue weighted by atomic mass is 9.90. The molecule has 0 bridgehead atoms. The minimum atomic E-state index is -0.206. The van der Waals surface area contributed by atoms with Crippen LogP contribution in [0.15, 0.2) is 0 Å². The van der Waals surface area contributed by atoms with E-state index in [0.29, 0.717) is 18.0 Å². The molecular formula is C15H28N2O2. The number of hydrogen-bond acceptors (Lipinski definition) is 3. The molecule has 4 heteroatoms. The van der Waals surface area contributed by atoms with Crippen LogP contribution in [0, 0.1) is 5.92 Å². The second kappa shape index (κ2) is 6.71. The van der Waals surface area contributed by atoms with Crippen molar-refractivity contribution in [2.75, 3.05) is 13.2 Å². The van der Waals surface area contributed by atoms with E-state index in [2.05, 4.69) is 18.7 Å². The zero-order valence-corrected chi connectivity index (χ0v) is 12.3. The van der Waals surface area contributed by atoms with Gasteiger partial charge in [0.15, 0.2) is 0 Å². The highest BCUT2D eigenvalue weighted by atomic mass is 16.5. The van der Waals surface area contributed by atoms with E-state index in [1.807, 2.05) is 0 Å². The van der Waals surface area contributed by atoms with Crippen molar-refractivity contribution in [3.05, 3.63) is 0 Å². The van der Waals surface area contributed by atoms with Gasteiger partial charge < -0.3 is 15.4 Å². The molecule has 0 aromatic carbocycles. The van der Waals surface area contributed by atoms with Crippen molar-refractivity contribution in [3.8, 4) is 0 Å². The molecule has 2 aliphatic rings. The first-order chi connectivity index (χ1) is 9.13. The van der Waals surface area contributed by atoms with Gasteiger partial charge in [-0.1, -0.05) is 13.8 Å². The van der Waals surface area contributed by atoms with Crippen molar-refractivity contribution in [1.82, 2.24) is 4.90 Å². The summed E-state index contributed by atoms with van der Waals surface area (Å²) in [5, 5.41) is 0. The molecule has 2 unspecified atom stereocenters. The van der Waals surface area contributed by atoms with Crippen molar-refractivity contribution in [2.45, 2.75) is 70.6 Å². The van der Waals surface area contributed by atoms with Gasteiger partial charge in [-0.3, -0.25) is 4.79 Å². The number of rotatable bonds is 4. The van der Waals surface area contributed by atoms with Crippen LogP contribution in [0.5, 0.6) is 0 Å². The number of amides is 1. The van der Waals surface area contributed by atoms with E-state index in [9.17, 15) is 4.79 Å². The van der Waals surface area contributed by atoms with Gasteiger partial charge in [-0.15, -0.1) is 0 Å². The number of carbonyl (C=O) groups excluding carboxylic acids is 1. The third-order valence-corrected chi connectivity index (χ3v) is 4.56. The second-order valence-electron chi connectivity index (χ2n) is 6.16. The average Bonchev–Trinajstić information content (AvgIpc) is 2.83. The van der Waals surface area contributed by atoms with Gasteiger partial charge >= 0.3 is 0 Å². The first-order valence-corrected chi connectivity index (χ1v) is 7.81. The van der Waals surface area contributed by atoms with Gasteiger partial charge in [-0.2, -0.15) is 0 Å². The molecule has 1 aliphatic carbocycles. The van der Waals surface area contributed by atoms with Gasteiger partial charge in [0.2, 0.25) is 0 Å². The predicted octanol–water partition coefficient (Wildman–Crippen LogP) is 1.92. The Morgan fingerprint density at radius 1 is 1.26 bits per heavy atom. The van der Waals surface area contributed by atoms with E-state index in [1.54, 1.807) is 0 Å². The van der Waals surface area contributed by atoms with Crippen LogP contribution in [0.2, 0.25) is 0 Å². The third kappa shape index (κ3) is 3.48. The normalized spacial score (nSPS) is 35.3. The first kappa shape index (κ1) is 14.8. The molecule has 2 N–H and O–H groups in total. The van der Waals surface area contributed by atoms with Crippen LogP contribution in [0.25, 0.3) is 0 Å². The Morgan fingerprint density at radius 2 is 1.95 bits per heavy atom. The summed E-state index contributed by atoms with van der Waals surface area (Å²) in [5.74, 6) is 0.574. The van der Waals surface area contributed by atoms with Crippen molar-refractivity contribution in [1.29, 1.82) is 0 Å². The Labute approximate surface area is 116 Å². The molecule has 0 aromatic rings. The number of hydrogen-bond donors (Lipinski definition) is 1. The Morgan fingerprint density at radius 3 is 2.47 bits per heavy atom. The molecule has 2 fully saturated rings. The van der Waals surface area contributed by atoms with Gasteiger partial charge in [0.25, 0.3) is 5.91 Å². The zero-order valence-electron chi connectivity index (χ0n) is 12.3. The Kier molecular flexibility index (Phi) is 5.22. The molecule has 2 atom stereocenters. The second-order valence-corrected chi connectivity index (χ2v) is 6.16. The Hall–Kier alpha value is -0.610. The topological polar surface area (TPSA) is 55.6 Å². The smallest absolute Gasteiger partial charge is 0.252 e. The van der Waals surface area contributed by atoms with E-state index < -0.39 is 0 Å². The minimum absolute atomic E-state index is 0.206. The summed E-state index contributed by atoms with van der Waals surface area (Å²) in [6.07, 6.45) is 5.99. The maximum atomic E-state index is 12.7. The molecule has 19 heavy (non-hydrogen) atoms. The van der Waals surface area contributed by atoms with Crippen LogP contribution in [0.4, 0.5) is 0 Å². The van der Waals surface area contributed by atoms with Gasteiger partial charge in [0.1, 0.15) is 6.10 Å². The fraction of sp³-hybridized carbons (Fsp3) is 0.933. The Bertz CT molecular complexity index is 301. The standard InChI is InChI=1S/C15H28N2O2/c1-3-9-17(13-6-4-12(16)5-7-13)15(18)14-11(2)8-10-19-14/h11-14H,3-10,16H2,1-2H3. The lowest BCUT2D eigenvalue weighted by Gasteiger charge is -2.37. The molecule has 1 saturated carbocycles. The minimum Gasteiger partial charge on any atom is -0.368 e. The summed E-state index contributed by atoms with van der Waals surface area (Å²) in [4.78, 5) is 14.8. The predicted molar refractivity (Wildman–Crippen MR) is 75.8 cm³/mol. The summed E-state index contributed by atoms with van der Waals surface area (Å²) >= 11 is 0. The van der Waals surface area contributed by atoms with Crippen LogP contribution in [-0.2, 0) is 9.53 Å². The first-order valence-electron chi connectivity index (χ1n) is 7.81. The number of nitrogens with zero attached hydrogens (tertiary/aromatic N) is 1. The molecule has 0 radical (unpaired) electrons. The summed E-state index contributed by atoms with van der Waals surface area (Å²) in [7, 11) is 0. The van der Waals surface area contributed by atoms with Crippen LogP contribution in [0.1, 0.15) is 52.4 Å².